The molecule has 1 amide bonds. The first-order valence-electron chi connectivity index (χ1n) is 12.9. The minimum Gasteiger partial charge on any atom is -0.409 e. The van der Waals surface area contributed by atoms with E-state index in [9.17, 15) is 35.5 Å². The number of carbonyl (C=O) groups excluding carboxylic acids is 1. The van der Waals surface area contributed by atoms with E-state index in [1.807, 2.05) is 7.05 Å². The van der Waals surface area contributed by atoms with Gasteiger partial charge < -0.3 is 20.1 Å². The van der Waals surface area contributed by atoms with Crippen LogP contribution in [-0.4, -0.2) is 62.6 Å². The topological polar surface area (TPSA) is 80.4 Å². The van der Waals surface area contributed by atoms with Gasteiger partial charge in [0.05, 0.1) is 23.8 Å². The summed E-state index contributed by atoms with van der Waals surface area (Å²) in [7, 11) is 1.92. The van der Waals surface area contributed by atoms with Crippen LogP contribution in [0.25, 0.3) is 5.57 Å². The summed E-state index contributed by atoms with van der Waals surface area (Å²) in [6.45, 7) is 5.10. The molecule has 1 aliphatic rings. The molecule has 1 saturated heterocycles. The van der Waals surface area contributed by atoms with Crippen molar-refractivity contribution in [2.75, 3.05) is 38.2 Å². The first kappa shape index (κ1) is 32.9. The Hall–Kier alpha value is -3.65. The molecule has 0 spiro atoms. The highest BCUT2D eigenvalue weighted by molar-refractivity contribution is 6.11. The second kappa shape index (κ2) is 13.6. The number of rotatable bonds is 8. The summed E-state index contributed by atoms with van der Waals surface area (Å²) in [5, 5.41) is 0. The number of ether oxygens (including phenoxy) is 2. The summed E-state index contributed by atoms with van der Waals surface area (Å²) in [5.74, 6) is -1.81. The predicted molar refractivity (Wildman–Crippen MR) is 144 cm³/mol. The number of hydrogen-bond acceptors (Lipinski definition) is 6. The second-order valence-corrected chi connectivity index (χ2v) is 9.91. The van der Waals surface area contributed by atoms with Crippen molar-refractivity contribution in [3.63, 3.8) is 0 Å². The predicted octanol–water partition coefficient (Wildman–Crippen LogP) is 6.37. The molecule has 3 rings (SSSR count). The van der Waals surface area contributed by atoms with Gasteiger partial charge in [0.15, 0.2) is 5.75 Å². The van der Waals surface area contributed by atoms with E-state index in [2.05, 4.69) is 9.89 Å². The van der Waals surface area contributed by atoms with Gasteiger partial charge in [-0.25, -0.2) is 9.18 Å². The highest BCUT2D eigenvalue weighted by atomic mass is 19.4. The van der Waals surface area contributed by atoms with Crippen LogP contribution in [0.2, 0.25) is 0 Å². The molecule has 0 saturated carbocycles. The molecule has 1 heterocycles. The van der Waals surface area contributed by atoms with Crippen LogP contribution in [0.1, 0.15) is 37.0 Å². The third kappa shape index (κ3) is 8.44. The standard InChI is InChI=1S/C28H31F7N4O3/c1-17(2)39(21-6-4-20(29)5-7-21)26(40)42-25-23(12-19(27(30,31)32)13-24(25)28(33,34)35)18(14-36)15-37-9-8-22-16-38(3)10-11-41-22/h4-7,12-15,17,22H,8-11,16,36H2,1-3H3. The molecule has 14 heteroatoms. The van der Waals surface area contributed by atoms with Crippen molar-refractivity contribution in [2.24, 2.45) is 10.7 Å². The highest BCUT2D eigenvalue weighted by Crippen LogP contribution is 2.44. The zero-order valence-electron chi connectivity index (χ0n) is 23.1. The molecule has 0 bridgehead atoms. The van der Waals surface area contributed by atoms with Crippen molar-refractivity contribution in [1.29, 1.82) is 0 Å². The number of morpholine rings is 1. The maximum Gasteiger partial charge on any atom is 0.420 e. The molecule has 230 valence electrons. The molecule has 1 fully saturated rings. The zero-order chi connectivity index (χ0) is 31.2. The van der Waals surface area contributed by atoms with Crippen molar-refractivity contribution in [2.45, 2.75) is 44.8 Å². The Bertz CT molecular complexity index is 1290. The molecule has 1 aliphatic heterocycles. The minimum absolute atomic E-state index is 0.0881. The third-order valence-corrected chi connectivity index (χ3v) is 6.37. The van der Waals surface area contributed by atoms with Crippen molar-refractivity contribution in [1.82, 2.24) is 4.90 Å². The first-order valence-corrected chi connectivity index (χ1v) is 12.9. The van der Waals surface area contributed by atoms with Crippen LogP contribution in [0, 0.1) is 5.82 Å². The van der Waals surface area contributed by atoms with Gasteiger partial charge in [0, 0.05) is 54.9 Å². The maximum atomic E-state index is 14.2. The summed E-state index contributed by atoms with van der Waals surface area (Å²) >= 11 is 0. The van der Waals surface area contributed by atoms with Gasteiger partial charge in [-0.15, -0.1) is 0 Å². The third-order valence-electron chi connectivity index (χ3n) is 6.37. The Balaban J connectivity index is 2.05. The number of hydrogen-bond donors (Lipinski definition) is 1. The van der Waals surface area contributed by atoms with Crippen LogP contribution in [0.15, 0.2) is 47.6 Å². The van der Waals surface area contributed by atoms with Gasteiger partial charge in [-0.05, 0) is 63.7 Å². The number of aliphatic imine (C=N–C) groups is 1. The van der Waals surface area contributed by atoms with Crippen molar-refractivity contribution in [3.8, 4) is 5.75 Å². The molecular formula is C28H31F7N4O3. The molecule has 2 N–H and O–H groups in total. The summed E-state index contributed by atoms with van der Waals surface area (Å²) in [5.41, 5.74) is 1.19. The Morgan fingerprint density at radius 1 is 1.17 bits per heavy atom. The largest absolute Gasteiger partial charge is 0.420 e. The summed E-state index contributed by atoms with van der Waals surface area (Å²) in [6.07, 6.45) is -9.77. The number of carbonyl (C=O) groups is 1. The average Bonchev–Trinajstić information content (AvgIpc) is 2.89. The Morgan fingerprint density at radius 2 is 1.83 bits per heavy atom. The lowest BCUT2D eigenvalue weighted by Gasteiger charge is -2.29. The number of anilines is 1. The Labute approximate surface area is 238 Å². The van der Waals surface area contributed by atoms with Gasteiger partial charge in [-0.3, -0.25) is 9.89 Å². The van der Waals surface area contributed by atoms with Crippen LogP contribution in [-0.2, 0) is 17.1 Å². The van der Waals surface area contributed by atoms with Gasteiger partial charge in [0.2, 0.25) is 0 Å². The fraction of sp³-hybridized carbons (Fsp3) is 0.429. The van der Waals surface area contributed by atoms with Crippen LogP contribution >= 0.6 is 0 Å². The lowest BCUT2D eigenvalue weighted by Crippen LogP contribution is -2.40. The average molecular weight is 605 g/mol. The van der Waals surface area contributed by atoms with E-state index < -0.39 is 52.7 Å². The van der Waals surface area contributed by atoms with Gasteiger partial charge in [-0.1, -0.05) is 0 Å². The van der Waals surface area contributed by atoms with E-state index in [0.717, 1.165) is 36.0 Å². The summed E-state index contributed by atoms with van der Waals surface area (Å²) in [4.78, 5) is 20.4. The molecule has 0 aliphatic carbocycles. The molecule has 1 atom stereocenters. The molecular weight excluding hydrogens is 573 g/mol. The van der Waals surface area contributed by atoms with E-state index in [1.54, 1.807) is 0 Å². The maximum absolute atomic E-state index is 14.2. The lowest BCUT2D eigenvalue weighted by atomic mass is 9.98. The number of amides is 1. The van der Waals surface area contributed by atoms with Crippen molar-refractivity contribution < 1.29 is 45.0 Å². The number of halogens is 7. The highest BCUT2D eigenvalue weighted by Gasteiger charge is 2.42. The smallest absolute Gasteiger partial charge is 0.409 e. The lowest BCUT2D eigenvalue weighted by molar-refractivity contribution is -0.143. The van der Waals surface area contributed by atoms with Crippen LogP contribution in [0.3, 0.4) is 0 Å². The number of nitrogens with zero attached hydrogens (tertiary/aromatic N) is 3. The second-order valence-electron chi connectivity index (χ2n) is 9.91. The number of alkyl halides is 6. The quantitative estimate of drug-likeness (QED) is 0.280. The van der Waals surface area contributed by atoms with E-state index >= 15 is 0 Å². The first-order chi connectivity index (χ1) is 19.6. The molecule has 1 unspecified atom stereocenters. The SMILES string of the molecule is CC(C)N(C(=O)Oc1c(C(C=NCCC2CN(C)CCO2)=CN)cc(C(F)(F)F)cc1C(F)(F)F)c1ccc(F)cc1. The minimum atomic E-state index is -5.36. The van der Waals surface area contributed by atoms with Gasteiger partial charge in [-0.2, -0.15) is 26.3 Å². The summed E-state index contributed by atoms with van der Waals surface area (Å²) in [6, 6.07) is 4.07. The van der Waals surface area contributed by atoms with Gasteiger partial charge >= 0.3 is 18.4 Å². The van der Waals surface area contributed by atoms with Crippen LogP contribution in [0.5, 0.6) is 5.75 Å². The van der Waals surface area contributed by atoms with Crippen molar-refractivity contribution >= 4 is 23.6 Å². The molecule has 2 aromatic rings. The van der Waals surface area contributed by atoms with Gasteiger partial charge in [0.1, 0.15) is 5.82 Å². The Morgan fingerprint density at radius 3 is 2.38 bits per heavy atom. The fourth-order valence-electron chi connectivity index (χ4n) is 4.31. The molecule has 0 radical (unpaired) electrons. The molecule has 2 aromatic carbocycles. The monoisotopic (exact) mass is 604 g/mol. The number of likely N-dealkylation sites (N-methyl/N-ethyl adjacent to an activating group) is 1. The van der Waals surface area contributed by atoms with Crippen LogP contribution < -0.4 is 15.4 Å². The zero-order valence-corrected chi connectivity index (χ0v) is 23.1. The number of nitrogens with two attached hydrogens (primary N) is 1. The normalized spacial score (nSPS) is 17.2. The summed E-state index contributed by atoms with van der Waals surface area (Å²) < 4.78 is 108. The molecule has 7 nitrogen and oxygen atoms in total. The molecule has 0 aromatic heterocycles. The van der Waals surface area contributed by atoms with Gasteiger partial charge in [0.25, 0.3) is 0 Å². The number of benzene rings is 2. The van der Waals surface area contributed by atoms with E-state index in [4.69, 9.17) is 15.2 Å². The Kier molecular flexibility index (Phi) is 10.6. The van der Waals surface area contributed by atoms with Crippen LogP contribution in [0.4, 0.5) is 41.2 Å². The fourth-order valence-corrected chi connectivity index (χ4v) is 4.31. The van der Waals surface area contributed by atoms with Crippen molar-refractivity contribution in [3.05, 3.63) is 65.1 Å². The van der Waals surface area contributed by atoms with E-state index in [0.29, 0.717) is 25.6 Å². The van der Waals surface area contributed by atoms with E-state index in [1.165, 1.54) is 26.0 Å². The number of allylic oxidation sites excluding steroid dienone is 1. The van der Waals surface area contributed by atoms with E-state index in [-0.39, 0.29) is 30.0 Å². The molecule has 42 heavy (non-hydrogen) atoms.